The van der Waals surface area contributed by atoms with E-state index in [-0.39, 0.29) is 0 Å². The van der Waals surface area contributed by atoms with Crippen LogP contribution in [0.5, 0.6) is 11.5 Å². The van der Waals surface area contributed by atoms with E-state index < -0.39 is 0 Å². The Kier molecular flexibility index (Phi) is 7.66. The predicted octanol–water partition coefficient (Wildman–Crippen LogP) is 3.67. The summed E-state index contributed by atoms with van der Waals surface area (Å²) >= 11 is 11.7. The van der Waals surface area contributed by atoms with Crippen LogP contribution >= 0.6 is 23.2 Å². The molecule has 130 valence electrons. The van der Waals surface area contributed by atoms with Crippen molar-refractivity contribution in [3.63, 3.8) is 0 Å². The molecule has 2 aromatic rings. The highest BCUT2D eigenvalue weighted by molar-refractivity contribution is 6.35. The molecule has 3 N–H and O–H groups in total. The summed E-state index contributed by atoms with van der Waals surface area (Å²) < 4.78 is 10.4. The molecule has 0 aliphatic carbocycles. The third-order valence-electron chi connectivity index (χ3n) is 3.53. The molecule has 0 saturated carbocycles. The third-order valence-corrected chi connectivity index (χ3v) is 4.12. The van der Waals surface area contributed by atoms with E-state index in [4.69, 9.17) is 38.4 Å². The third kappa shape index (κ3) is 5.56. The van der Waals surface area contributed by atoms with E-state index in [0.29, 0.717) is 18.4 Å². The maximum atomic E-state index is 5.95. The average Bonchev–Trinajstić information content (AvgIpc) is 3.03. The van der Waals surface area contributed by atoms with E-state index >= 15 is 0 Å². The minimum atomic E-state index is 0.335. The van der Waals surface area contributed by atoms with Crippen LogP contribution in [0, 0.1) is 0 Å². The predicted molar refractivity (Wildman–Crippen MR) is 99.4 cm³/mol. The van der Waals surface area contributed by atoms with Crippen molar-refractivity contribution in [2.75, 3.05) is 26.9 Å². The molecule has 0 radical (unpaired) electrons. The summed E-state index contributed by atoms with van der Waals surface area (Å²) in [7, 11) is 1.92. The van der Waals surface area contributed by atoms with Crippen molar-refractivity contribution in [2.24, 2.45) is 5.73 Å². The first-order valence-corrected chi connectivity index (χ1v) is 8.56. The van der Waals surface area contributed by atoms with Crippen LogP contribution in [-0.2, 0) is 12.8 Å². The molecule has 0 amide bonds. The second-order valence-corrected chi connectivity index (χ2v) is 6.16. The van der Waals surface area contributed by atoms with Crippen LogP contribution in [0.25, 0.3) is 0 Å². The highest BCUT2D eigenvalue weighted by Crippen LogP contribution is 2.32. The average molecular weight is 369 g/mol. The van der Waals surface area contributed by atoms with Gasteiger partial charge in [0.05, 0.1) is 0 Å². The number of ether oxygens (including phenoxy) is 2. The van der Waals surface area contributed by atoms with E-state index in [1.54, 1.807) is 6.07 Å². The van der Waals surface area contributed by atoms with Crippen molar-refractivity contribution in [1.82, 2.24) is 5.32 Å². The molecular formula is C18H22Cl2N2O2. The Balaban J connectivity index is 0.000000174. The number of hydrogen-bond donors (Lipinski definition) is 2. The van der Waals surface area contributed by atoms with Crippen molar-refractivity contribution in [2.45, 2.75) is 12.8 Å². The number of hydrogen-bond acceptors (Lipinski definition) is 4. The SMILES string of the molecule is CNCCc1ccc(Cl)cc1Cl.NCCc1ccc2c(c1)OCO2. The molecule has 1 aliphatic heterocycles. The lowest BCUT2D eigenvalue weighted by atomic mass is 10.1. The molecule has 2 aromatic carbocycles. The lowest BCUT2D eigenvalue weighted by Crippen LogP contribution is -2.10. The van der Waals surface area contributed by atoms with Gasteiger partial charge in [-0.2, -0.15) is 0 Å². The Hall–Kier alpha value is -1.46. The maximum Gasteiger partial charge on any atom is 0.231 e. The zero-order chi connectivity index (χ0) is 17.4. The normalized spacial score (nSPS) is 11.8. The summed E-state index contributed by atoms with van der Waals surface area (Å²) in [5.74, 6) is 1.66. The smallest absolute Gasteiger partial charge is 0.231 e. The van der Waals surface area contributed by atoms with Crippen molar-refractivity contribution >= 4 is 23.2 Å². The van der Waals surface area contributed by atoms with Crippen LogP contribution in [0.15, 0.2) is 36.4 Å². The first-order chi connectivity index (χ1) is 11.6. The van der Waals surface area contributed by atoms with Gasteiger partial charge in [0.1, 0.15) is 0 Å². The molecule has 0 fully saturated rings. The van der Waals surface area contributed by atoms with Crippen molar-refractivity contribution in [1.29, 1.82) is 0 Å². The van der Waals surface area contributed by atoms with Gasteiger partial charge in [-0.15, -0.1) is 0 Å². The first-order valence-electron chi connectivity index (χ1n) is 7.81. The van der Waals surface area contributed by atoms with Gasteiger partial charge < -0.3 is 20.5 Å². The maximum absolute atomic E-state index is 5.95. The monoisotopic (exact) mass is 368 g/mol. The zero-order valence-electron chi connectivity index (χ0n) is 13.6. The van der Waals surface area contributed by atoms with Crippen LogP contribution in [0.3, 0.4) is 0 Å². The van der Waals surface area contributed by atoms with Gasteiger partial charge in [0.2, 0.25) is 6.79 Å². The summed E-state index contributed by atoms with van der Waals surface area (Å²) in [6, 6.07) is 11.5. The summed E-state index contributed by atoms with van der Waals surface area (Å²) in [5.41, 5.74) is 7.76. The zero-order valence-corrected chi connectivity index (χ0v) is 15.2. The molecule has 3 rings (SSSR count). The van der Waals surface area contributed by atoms with Gasteiger partial charge in [0, 0.05) is 10.0 Å². The number of rotatable bonds is 5. The van der Waals surface area contributed by atoms with E-state index in [2.05, 4.69) is 5.32 Å². The molecule has 0 saturated heterocycles. The number of fused-ring (bicyclic) bond motifs is 1. The summed E-state index contributed by atoms with van der Waals surface area (Å²) in [6.07, 6.45) is 1.82. The van der Waals surface area contributed by atoms with Crippen LogP contribution in [0.2, 0.25) is 10.0 Å². The number of likely N-dealkylation sites (N-methyl/N-ethyl adjacent to an activating group) is 1. The van der Waals surface area contributed by atoms with Gasteiger partial charge in [-0.25, -0.2) is 0 Å². The van der Waals surface area contributed by atoms with Gasteiger partial charge in [0.15, 0.2) is 11.5 Å². The first kappa shape index (κ1) is 18.9. The lowest BCUT2D eigenvalue weighted by molar-refractivity contribution is 0.174. The number of nitrogens with one attached hydrogen (secondary N) is 1. The largest absolute Gasteiger partial charge is 0.454 e. The van der Waals surface area contributed by atoms with Crippen LogP contribution < -0.4 is 20.5 Å². The van der Waals surface area contributed by atoms with Crippen molar-refractivity contribution in [3.8, 4) is 11.5 Å². The van der Waals surface area contributed by atoms with Gasteiger partial charge in [-0.3, -0.25) is 0 Å². The number of nitrogens with two attached hydrogens (primary N) is 1. The molecule has 1 heterocycles. The minimum Gasteiger partial charge on any atom is -0.454 e. The van der Waals surface area contributed by atoms with Gasteiger partial charge >= 0.3 is 0 Å². The number of halogens is 2. The standard InChI is InChI=1S/C9H11Cl2N.C9H11NO2/c1-12-5-4-7-2-3-8(10)6-9(7)11;10-4-3-7-1-2-8-9(5-7)12-6-11-8/h2-3,6,12H,4-5H2,1H3;1-2,5H,3-4,6,10H2. The van der Waals surface area contributed by atoms with Crippen molar-refractivity contribution < 1.29 is 9.47 Å². The van der Waals surface area contributed by atoms with Gasteiger partial charge in [-0.05, 0) is 68.4 Å². The Labute approximate surface area is 152 Å². The summed E-state index contributed by atoms with van der Waals surface area (Å²) in [4.78, 5) is 0. The second kappa shape index (κ2) is 9.74. The fourth-order valence-corrected chi connectivity index (χ4v) is 2.75. The molecule has 0 atom stereocenters. The molecule has 0 aromatic heterocycles. The summed E-state index contributed by atoms with van der Waals surface area (Å²) in [6.45, 7) is 1.93. The van der Waals surface area contributed by atoms with Gasteiger partial charge in [-0.1, -0.05) is 35.3 Å². The highest BCUT2D eigenvalue weighted by Gasteiger charge is 2.12. The van der Waals surface area contributed by atoms with E-state index in [1.165, 1.54) is 5.56 Å². The Morgan fingerprint density at radius 3 is 2.54 bits per heavy atom. The summed E-state index contributed by atoms with van der Waals surface area (Å²) in [5, 5.41) is 4.50. The lowest BCUT2D eigenvalue weighted by Gasteiger charge is -2.03. The molecule has 0 bridgehead atoms. The van der Waals surface area contributed by atoms with Crippen LogP contribution in [-0.4, -0.2) is 26.9 Å². The Morgan fingerprint density at radius 2 is 1.83 bits per heavy atom. The quantitative estimate of drug-likeness (QED) is 0.845. The van der Waals surface area contributed by atoms with Crippen LogP contribution in [0.4, 0.5) is 0 Å². The Morgan fingerprint density at radius 1 is 1.04 bits per heavy atom. The fraction of sp³-hybridized carbons (Fsp3) is 0.333. The van der Waals surface area contributed by atoms with Crippen molar-refractivity contribution in [3.05, 3.63) is 57.6 Å². The number of benzene rings is 2. The van der Waals surface area contributed by atoms with Gasteiger partial charge in [0.25, 0.3) is 0 Å². The molecule has 1 aliphatic rings. The fourth-order valence-electron chi connectivity index (χ4n) is 2.25. The van der Waals surface area contributed by atoms with Crippen LogP contribution in [0.1, 0.15) is 11.1 Å². The van der Waals surface area contributed by atoms with E-state index in [1.807, 2.05) is 37.4 Å². The minimum absolute atomic E-state index is 0.335. The van der Waals surface area contributed by atoms with E-state index in [0.717, 1.165) is 41.5 Å². The Bertz CT molecular complexity index is 665. The topological polar surface area (TPSA) is 56.5 Å². The molecule has 0 unspecified atom stereocenters. The molecule has 6 heteroatoms. The second-order valence-electron chi connectivity index (χ2n) is 5.32. The molecule has 24 heavy (non-hydrogen) atoms. The molecule has 0 spiro atoms. The highest BCUT2D eigenvalue weighted by atomic mass is 35.5. The molecular weight excluding hydrogens is 347 g/mol. The van der Waals surface area contributed by atoms with E-state index in [9.17, 15) is 0 Å². The molecule has 4 nitrogen and oxygen atoms in total.